The fourth-order valence-electron chi connectivity index (χ4n) is 1.89. The van der Waals surface area contributed by atoms with Crippen molar-refractivity contribution in [2.45, 2.75) is 46.3 Å². The molecule has 0 aliphatic carbocycles. The maximum atomic E-state index is 5.98. The van der Waals surface area contributed by atoms with Gasteiger partial charge in [0.05, 0.1) is 19.3 Å². The Morgan fingerprint density at radius 2 is 1.75 bits per heavy atom. The first kappa shape index (κ1) is 17.2. The summed E-state index contributed by atoms with van der Waals surface area (Å²) in [6, 6.07) is 9.02. The Labute approximate surface area is 123 Å². The van der Waals surface area contributed by atoms with Gasteiger partial charge < -0.3 is 14.8 Å². The van der Waals surface area contributed by atoms with E-state index in [1.54, 1.807) is 0 Å². The van der Waals surface area contributed by atoms with Crippen LogP contribution in [0.1, 0.15) is 44.4 Å². The number of benzene rings is 1. The molecule has 0 fully saturated rings. The van der Waals surface area contributed by atoms with Gasteiger partial charge >= 0.3 is 0 Å². The standard InChI is InChI=1S/C17H29NO2/c1-5-10-19-11-12-20-17(13-18-14(2)3)16-8-6-15(4)7-9-16/h6-9,14,17-18H,5,10-13H2,1-4H3. The van der Waals surface area contributed by atoms with E-state index in [2.05, 4.69) is 57.3 Å². The largest absolute Gasteiger partial charge is 0.379 e. The minimum atomic E-state index is 0.0863. The Kier molecular flexibility index (Phi) is 8.51. The van der Waals surface area contributed by atoms with Crippen molar-refractivity contribution >= 4 is 0 Å². The van der Waals surface area contributed by atoms with E-state index >= 15 is 0 Å². The fourth-order valence-corrected chi connectivity index (χ4v) is 1.89. The van der Waals surface area contributed by atoms with Gasteiger partial charge in [-0.25, -0.2) is 0 Å². The van der Waals surface area contributed by atoms with Gasteiger partial charge in [0.1, 0.15) is 0 Å². The Morgan fingerprint density at radius 3 is 2.35 bits per heavy atom. The summed E-state index contributed by atoms with van der Waals surface area (Å²) in [6.45, 7) is 11.5. The second-order valence-corrected chi connectivity index (χ2v) is 5.45. The molecule has 3 nitrogen and oxygen atoms in total. The molecular formula is C17H29NO2. The minimum absolute atomic E-state index is 0.0863. The van der Waals surface area contributed by atoms with Crippen LogP contribution in [-0.4, -0.2) is 32.4 Å². The van der Waals surface area contributed by atoms with Gasteiger partial charge in [0.2, 0.25) is 0 Å². The molecule has 1 rings (SSSR count). The van der Waals surface area contributed by atoms with Gasteiger partial charge in [-0.3, -0.25) is 0 Å². The lowest BCUT2D eigenvalue weighted by molar-refractivity contribution is 0.00359. The molecule has 0 saturated heterocycles. The van der Waals surface area contributed by atoms with Crippen molar-refractivity contribution in [1.29, 1.82) is 0 Å². The smallest absolute Gasteiger partial charge is 0.0950 e. The molecule has 20 heavy (non-hydrogen) atoms. The fraction of sp³-hybridized carbons (Fsp3) is 0.647. The predicted molar refractivity (Wildman–Crippen MR) is 84.1 cm³/mol. The lowest BCUT2D eigenvalue weighted by Gasteiger charge is -2.20. The van der Waals surface area contributed by atoms with Crippen molar-refractivity contribution in [3.63, 3.8) is 0 Å². The van der Waals surface area contributed by atoms with Crippen LogP contribution in [-0.2, 0) is 9.47 Å². The maximum absolute atomic E-state index is 5.98. The zero-order valence-electron chi connectivity index (χ0n) is 13.3. The highest BCUT2D eigenvalue weighted by atomic mass is 16.5. The first-order valence-electron chi connectivity index (χ1n) is 7.62. The first-order valence-corrected chi connectivity index (χ1v) is 7.62. The zero-order chi connectivity index (χ0) is 14.8. The highest BCUT2D eigenvalue weighted by molar-refractivity contribution is 5.23. The van der Waals surface area contributed by atoms with Gasteiger partial charge in [-0.2, -0.15) is 0 Å². The van der Waals surface area contributed by atoms with Crippen LogP contribution in [0.5, 0.6) is 0 Å². The van der Waals surface area contributed by atoms with E-state index in [-0.39, 0.29) is 6.10 Å². The summed E-state index contributed by atoms with van der Waals surface area (Å²) >= 11 is 0. The van der Waals surface area contributed by atoms with Gasteiger partial charge in [0.25, 0.3) is 0 Å². The summed E-state index contributed by atoms with van der Waals surface area (Å²) < 4.78 is 11.4. The minimum Gasteiger partial charge on any atom is -0.379 e. The predicted octanol–water partition coefficient (Wildman–Crippen LogP) is 3.48. The van der Waals surface area contributed by atoms with E-state index < -0.39 is 0 Å². The molecule has 0 spiro atoms. The van der Waals surface area contributed by atoms with Crippen LogP contribution in [0.4, 0.5) is 0 Å². The summed E-state index contributed by atoms with van der Waals surface area (Å²) in [7, 11) is 0. The molecule has 0 aromatic heterocycles. The molecule has 3 heteroatoms. The first-order chi connectivity index (χ1) is 9.63. The molecule has 114 valence electrons. The monoisotopic (exact) mass is 279 g/mol. The second-order valence-electron chi connectivity index (χ2n) is 5.45. The number of rotatable bonds is 10. The summed E-state index contributed by atoms with van der Waals surface area (Å²) in [4.78, 5) is 0. The molecule has 1 unspecified atom stereocenters. The molecule has 0 amide bonds. The molecule has 0 aliphatic heterocycles. The summed E-state index contributed by atoms with van der Waals surface area (Å²) in [6.07, 6.45) is 1.14. The molecule has 0 heterocycles. The number of aryl methyl sites for hydroxylation is 1. The van der Waals surface area contributed by atoms with Gasteiger partial charge in [-0.1, -0.05) is 50.6 Å². The number of hydrogen-bond donors (Lipinski definition) is 1. The van der Waals surface area contributed by atoms with E-state index in [9.17, 15) is 0 Å². The Balaban J connectivity index is 2.49. The Bertz CT molecular complexity index is 349. The van der Waals surface area contributed by atoms with Gasteiger partial charge in [-0.15, -0.1) is 0 Å². The van der Waals surface area contributed by atoms with E-state index in [0.717, 1.165) is 19.6 Å². The summed E-state index contributed by atoms with van der Waals surface area (Å²) in [5.41, 5.74) is 2.50. The average Bonchev–Trinajstić information content (AvgIpc) is 2.43. The lowest BCUT2D eigenvalue weighted by atomic mass is 10.1. The number of hydrogen-bond acceptors (Lipinski definition) is 3. The van der Waals surface area contributed by atoms with Crippen LogP contribution >= 0.6 is 0 Å². The van der Waals surface area contributed by atoms with Crippen molar-refractivity contribution < 1.29 is 9.47 Å². The molecule has 0 aliphatic rings. The van der Waals surface area contributed by atoms with E-state index in [4.69, 9.17) is 9.47 Å². The zero-order valence-corrected chi connectivity index (χ0v) is 13.3. The van der Waals surface area contributed by atoms with E-state index in [0.29, 0.717) is 19.3 Å². The second kappa shape index (κ2) is 9.92. The molecule has 0 bridgehead atoms. The summed E-state index contributed by atoms with van der Waals surface area (Å²) in [5, 5.41) is 3.44. The highest BCUT2D eigenvalue weighted by Crippen LogP contribution is 2.17. The van der Waals surface area contributed by atoms with Crippen LogP contribution in [0.25, 0.3) is 0 Å². The third-order valence-corrected chi connectivity index (χ3v) is 3.06. The molecule has 1 aromatic rings. The van der Waals surface area contributed by atoms with Crippen molar-refractivity contribution in [2.75, 3.05) is 26.4 Å². The van der Waals surface area contributed by atoms with Crippen molar-refractivity contribution in [3.05, 3.63) is 35.4 Å². The van der Waals surface area contributed by atoms with Crippen LogP contribution in [0.2, 0.25) is 0 Å². The highest BCUT2D eigenvalue weighted by Gasteiger charge is 2.12. The van der Waals surface area contributed by atoms with Crippen molar-refractivity contribution in [3.8, 4) is 0 Å². The molecule has 0 radical (unpaired) electrons. The van der Waals surface area contributed by atoms with Crippen LogP contribution in [0.3, 0.4) is 0 Å². The molecule has 1 atom stereocenters. The van der Waals surface area contributed by atoms with Crippen LogP contribution < -0.4 is 5.32 Å². The normalized spacial score (nSPS) is 12.8. The third-order valence-electron chi connectivity index (χ3n) is 3.06. The van der Waals surface area contributed by atoms with Crippen molar-refractivity contribution in [1.82, 2.24) is 5.32 Å². The van der Waals surface area contributed by atoms with Crippen molar-refractivity contribution in [2.24, 2.45) is 0 Å². The van der Waals surface area contributed by atoms with Gasteiger partial charge in [-0.05, 0) is 18.9 Å². The molecule has 1 N–H and O–H groups in total. The SMILES string of the molecule is CCCOCCOC(CNC(C)C)c1ccc(C)cc1. The van der Waals surface area contributed by atoms with Gasteiger partial charge in [0, 0.05) is 19.2 Å². The Morgan fingerprint density at radius 1 is 1.05 bits per heavy atom. The number of ether oxygens (including phenoxy) is 2. The molecule has 1 aromatic carbocycles. The molecular weight excluding hydrogens is 250 g/mol. The number of nitrogens with one attached hydrogen (secondary N) is 1. The van der Waals surface area contributed by atoms with E-state index in [1.165, 1.54) is 11.1 Å². The van der Waals surface area contributed by atoms with Crippen LogP contribution in [0, 0.1) is 6.92 Å². The Hall–Kier alpha value is -0.900. The average molecular weight is 279 g/mol. The summed E-state index contributed by atoms with van der Waals surface area (Å²) in [5.74, 6) is 0. The maximum Gasteiger partial charge on any atom is 0.0950 e. The topological polar surface area (TPSA) is 30.5 Å². The molecule has 0 saturated carbocycles. The van der Waals surface area contributed by atoms with Gasteiger partial charge in [0.15, 0.2) is 0 Å². The third kappa shape index (κ3) is 7.04. The lowest BCUT2D eigenvalue weighted by Crippen LogP contribution is -2.29. The van der Waals surface area contributed by atoms with Crippen LogP contribution in [0.15, 0.2) is 24.3 Å². The quantitative estimate of drug-likeness (QED) is 0.665. The van der Waals surface area contributed by atoms with E-state index in [1.807, 2.05) is 0 Å².